The number of aliphatic imine (C=N–C) groups is 1. The molecule has 0 aromatic rings. The number of methoxy groups -OCH3 is 1. The molecular weight excluding hydrogens is 253 g/mol. The van der Waals surface area contributed by atoms with Gasteiger partial charge in [-0.3, -0.25) is 4.99 Å². The predicted molar refractivity (Wildman–Crippen MR) is 58.0 cm³/mol. The van der Waals surface area contributed by atoms with Crippen molar-refractivity contribution in [3.8, 4) is 0 Å². The number of ether oxygens (including phenoxy) is 1. The summed E-state index contributed by atoms with van der Waals surface area (Å²) in [6.07, 6.45) is 6.30. The van der Waals surface area contributed by atoms with Gasteiger partial charge in [0.15, 0.2) is 0 Å². The van der Waals surface area contributed by atoms with Gasteiger partial charge in [0, 0.05) is 25.8 Å². The lowest BCUT2D eigenvalue weighted by atomic mass is 10.2. The molecule has 3 heteroatoms. The fraction of sp³-hybridized carbons (Fsp3) is 0.625. The number of hydrogen-bond acceptors (Lipinski definition) is 2. The van der Waals surface area contributed by atoms with Gasteiger partial charge >= 0.3 is 0 Å². The van der Waals surface area contributed by atoms with E-state index >= 15 is 0 Å². The van der Waals surface area contributed by atoms with Gasteiger partial charge in [0.25, 0.3) is 0 Å². The number of rotatable bonds is 3. The highest BCUT2D eigenvalue weighted by Gasteiger charge is 1.96. The molecule has 1 heterocycles. The van der Waals surface area contributed by atoms with Crippen LogP contribution in [0, 0.1) is 0 Å². The van der Waals surface area contributed by atoms with Crippen LogP contribution in [-0.2, 0) is 4.74 Å². The molecule has 64 valence electrons. The summed E-state index contributed by atoms with van der Waals surface area (Å²) < 4.78 is 4.93. The molecule has 0 saturated heterocycles. The van der Waals surface area contributed by atoms with Crippen molar-refractivity contribution >= 4 is 29.7 Å². The Morgan fingerprint density at radius 1 is 1.64 bits per heavy atom. The Morgan fingerprint density at radius 3 is 3.00 bits per heavy atom. The Bertz CT molecular complexity index is 154. The summed E-state index contributed by atoms with van der Waals surface area (Å²) in [4.78, 5) is 4.32. The second kappa shape index (κ2) is 6.79. The molecule has 0 fully saturated rings. The molecule has 0 bridgehead atoms. The van der Waals surface area contributed by atoms with Crippen molar-refractivity contribution in [2.24, 2.45) is 4.99 Å². The van der Waals surface area contributed by atoms with Crippen molar-refractivity contribution in [3.05, 3.63) is 12.2 Å². The number of hydrogen-bond donors (Lipinski definition) is 0. The standard InChI is InChI=1S/C8H13NO.HI/c1-10-7-5-8-4-2-3-6-9-8;/h2,4H,3,5-7H2,1H3;1H. The van der Waals surface area contributed by atoms with Crippen LogP contribution in [-0.4, -0.2) is 26.0 Å². The monoisotopic (exact) mass is 267 g/mol. The zero-order valence-electron chi connectivity index (χ0n) is 6.75. The maximum atomic E-state index is 4.93. The summed E-state index contributed by atoms with van der Waals surface area (Å²) >= 11 is 0. The van der Waals surface area contributed by atoms with Crippen molar-refractivity contribution < 1.29 is 4.74 Å². The van der Waals surface area contributed by atoms with Gasteiger partial charge in [-0.2, -0.15) is 0 Å². The van der Waals surface area contributed by atoms with Crippen LogP contribution >= 0.6 is 24.0 Å². The van der Waals surface area contributed by atoms with Gasteiger partial charge in [-0.25, -0.2) is 0 Å². The maximum Gasteiger partial charge on any atom is 0.0517 e. The smallest absolute Gasteiger partial charge is 0.0517 e. The molecule has 0 atom stereocenters. The third kappa shape index (κ3) is 4.53. The third-order valence-electron chi connectivity index (χ3n) is 1.48. The van der Waals surface area contributed by atoms with E-state index in [4.69, 9.17) is 4.74 Å². The van der Waals surface area contributed by atoms with E-state index in [9.17, 15) is 0 Å². The average molecular weight is 267 g/mol. The number of nitrogens with zero attached hydrogens (tertiary/aromatic N) is 1. The molecule has 1 aliphatic heterocycles. The second-order valence-corrected chi connectivity index (χ2v) is 2.31. The molecule has 0 amide bonds. The van der Waals surface area contributed by atoms with E-state index in [1.165, 1.54) is 5.71 Å². The first kappa shape index (κ1) is 11.1. The summed E-state index contributed by atoms with van der Waals surface area (Å²) in [6.45, 7) is 1.73. The summed E-state index contributed by atoms with van der Waals surface area (Å²) in [6, 6.07) is 0. The quantitative estimate of drug-likeness (QED) is 0.717. The van der Waals surface area contributed by atoms with Gasteiger partial charge in [0.2, 0.25) is 0 Å². The van der Waals surface area contributed by atoms with Gasteiger partial charge in [-0.15, -0.1) is 24.0 Å². The minimum atomic E-state index is 0. The van der Waals surface area contributed by atoms with Crippen LogP contribution in [0.4, 0.5) is 0 Å². The van der Waals surface area contributed by atoms with Gasteiger partial charge in [-0.1, -0.05) is 6.08 Å². The van der Waals surface area contributed by atoms with Crippen LogP contribution in [0.3, 0.4) is 0 Å². The summed E-state index contributed by atoms with van der Waals surface area (Å²) in [5.41, 5.74) is 1.17. The van der Waals surface area contributed by atoms with Gasteiger partial charge in [0.05, 0.1) is 6.61 Å². The molecule has 0 unspecified atom stereocenters. The molecule has 1 aliphatic rings. The van der Waals surface area contributed by atoms with Crippen molar-refractivity contribution in [2.45, 2.75) is 12.8 Å². The molecule has 11 heavy (non-hydrogen) atoms. The lowest BCUT2D eigenvalue weighted by Crippen LogP contribution is -2.03. The number of dihydropyridines is 1. The highest BCUT2D eigenvalue weighted by molar-refractivity contribution is 14.0. The largest absolute Gasteiger partial charge is 0.384 e. The average Bonchev–Trinajstić information content (AvgIpc) is 2.03. The van der Waals surface area contributed by atoms with E-state index in [0.29, 0.717) is 0 Å². The van der Waals surface area contributed by atoms with Crippen molar-refractivity contribution in [2.75, 3.05) is 20.3 Å². The molecule has 0 spiro atoms. The Labute approximate surface area is 84.8 Å². The Balaban J connectivity index is 0.000001000. The minimum Gasteiger partial charge on any atom is -0.384 e. The Hall–Kier alpha value is 0.100. The molecule has 0 aromatic carbocycles. The van der Waals surface area contributed by atoms with E-state index in [1.54, 1.807) is 7.11 Å². The van der Waals surface area contributed by atoms with Crippen LogP contribution in [0.25, 0.3) is 0 Å². The fourth-order valence-electron chi connectivity index (χ4n) is 0.924. The predicted octanol–water partition coefficient (Wildman–Crippen LogP) is 2.04. The first-order chi connectivity index (χ1) is 4.93. The lowest BCUT2D eigenvalue weighted by molar-refractivity contribution is 0.207. The molecule has 1 rings (SSSR count). The summed E-state index contributed by atoms with van der Waals surface area (Å²) in [7, 11) is 1.72. The van der Waals surface area contributed by atoms with Crippen LogP contribution in [0.1, 0.15) is 12.8 Å². The first-order valence-electron chi connectivity index (χ1n) is 3.62. The van der Waals surface area contributed by atoms with Gasteiger partial charge in [0.1, 0.15) is 0 Å². The maximum absolute atomic E-state index is 4.93. The van der Waals surface area contributed by atoms with E-state index in [1.807, 2.05) is 0 Å². The molecule has 0 aliphatic carbocycles. The normalized spacial score (nSPS) is 15.5. The Morgan fingerprint density at radius 2 is 2.45 bits per heavy atom. The zero-order chi connectivity index (χ0) is 7.23. The van der Waals surface area contributed by atoms with E-state index in [0.717, 1.165) is 26.0 Å². The summed E-state index contributed by atoms with van der Waals surface area (Å²) in [5, 5.41) is 0. The molecule has 0 N–H and O–H groups in total. The Kier molecular flexibility index (Phi) is 6.85. The topological polar surface area (TPSA) is 21.6 Å². The van der Waals surface area contributed by atoms with Crippen molar-refractivity contribution in [1.82, 2.24) is 0 Å². The first-order valence-corrected chi connectivity index (χ1v) is 3.62. The molecule has 2 nitrogen and oxygen atoms in total. The molecule has 0 aromatic heterocycles. The number of halogens is 1. The van der Waals surface area contributed by atoms with Gasteiger partial charge < -0.3 is 4.74 Å². The third-order valence-corrected chi connectivity index (χ3v) is 1.48. The van der Waals surface area contributed by atoms with Crippen LogP contribution in [0.2, 0.25) is 0 Å². The number of allylic oxidation sites excluding steroid dienone is 1. The second-order valence-electron chi connectivity index (χ2n) is 2.31. The van der Waals surface area contributed by atoms with E-state index < -0.39 is 0 Å². The zero-order valence-corrected chi connectivity index (χ0v) is 9.08. The van der Waals surface area contributed by atoms with Gasteiger partial charge in [-0.05, 0) is 12.5 Å². The van der Waals surface area contributed by atoms with Crippen molar-refractivity contribution in [1.29, 1.82) is 0 Å². The molecule has 0 saturated carbocycles. The highest BCUT2D eigenvalue weighted by Crippen LogP contribution is 1.99. The summed E-state index contributed by atoms with van der Waals surface area (Å²) in [5.74, 6) is 0. The SMILES string of the molecule is COCCC1=NCCC=C1.I. The minimum absolute atomic E-state index is 0. The van der Waals surface area contributed by atoms with Crippen molar-refractivity contribution in [3.63, 3.8) is 0 Å². The molecular formula is C8H14INO. The van der Waals surface area contributed by atoms with Crippen LogP contribution < -0.4 is 0 Å². The fourth-order valence-corrected chi connectivity index (χ4v) is 0.924. The lowest BCUT2D eigenvalue weighted by Gasteiger charge is -2.04. The highest BCUT2D eigenvalue weighted by atomic mass is 127. The van der Waals surface area contributed by atoms with E-state index in [-0.39, 0.29) is 24.0 Å². The van der Waals surface area contributed by atoms with E-state index in [2.05, 4.69) is 17.1 Å². The van der Waals surface area contributed by atoms with Crippen LogP contribution in [0.15, 0.2) is 17.1 Å². The van der Waals surface area contributed by atoms with Crippen LogP contribution in [0.5, 0.6) is 0 Å². The molecule has 0 radical (unpaired) electrons.